The van der Waals surface area contributed by atoms with Crippen LogP contribution in [0.5, 0.6) is 0 Å². The first-order valence-corrected chi connectivity index (χ1v) is 10.3. The number of sulfone groups is 1. The quantitative estimate of drug-likeness (QED) is 0.606. The summed E-state index contributed by atoms with van der Waals surface area (Å²) in [4.78, 5) is 35.7. The SMILES string of the molecule is Cn1c(=O)c(=O)n(C)c2cc(S(=O)(=O)CCC(=O)Nc3ccc(F)cc3F)ccc21. The van der Waals surface area contributed by atoms with E-state index in [1.54, 1.807) is 0 Å². The minimum Gasteiger partial charge on any atom is -0.324 e. The molecule has 30 heavy (non-hydrogen) atoms. The van der Waals surface area contributed by atoms with Crippen molar-refractivity contribution in [3.8, 4) is 0 Å². The van der Waals surface area contributed by atoms with Gasteiger partial charge in [-0.1, -0.05) is 0 Å². The molecule has 0 spiro atoms. The molecular formula is C19H17F2N3O5S. The normalized spacial score (nSPS) is 11.6. The van der Waals surface area contributed by atoms with Crippen molar-refractivity contribution in [3.63, 3.8) is 0 Å². The van der Waals surface area contributed by atoms with Gasteiger partial charge in [0.15, 0.2) is 9.84 Å². The Morgan fingerprint density at radius 2 is 1.60 bits per heavy atom. The molecule has 158 valence electrons. The number of fused-ring (bicyclic) bond motifs is 1. The van der Waals surface area contributed by atoms with Gasteiger partial charge in [-0.05, 0) is 30.3 Å². The summed E-state index contributed by atoms with van der Waals surface area (Å²) in [5.41, 5.74) is -1.21. The lowest BCUT2D eigenvalue weighted by Gasteiger charge is -2.11. The summed E-state index contributed by atoms with van der Waals surface area (Å²) in [6, 6.07) is 6.52. The van der Waals surface area contributed by atoms with Crippen LogP contribution in [-0.2, 0) is 28.7 Å². The summed E-state index contributed by atoms with van der Waals surface area (Å²) >= 11 is 0. The molecule has 1 heterocycles. The van der Waals surface area contributed by atoms with Gasteiger partial charge in [0.2, 0.25) is 5.91 Å². The van der Waals surface area contributed by atoms with Crippen LogP contribution in [0.3, 0.4) is 0 Å². The number of aromatic nitrogens is 2. The molecule has 3 rings (SSSR count). The summed E-state index contributed by atoms with van der Waals surface area (Å²) in [6.07, 6.45) is -0.469. The Hall–Kier alpha value is -3.34. The molecule has 0 saturated carbocycles. The molecule has 0 bridgehead atoms. The Morgan fingerprint density at radius 1 is 0.967 bits per heavy atom. The van der Waals surface area contributed by atoms with Crippen LogP contribution in [0.1, 0.15) is 6.42 Å². The van der Waals surface area contributed by atoms with Crippen LogP contribution in [0.15, 0.2) is 50.9 Å². The number of hydrogen-bond donors (Lipinski definition) is 1. The van der Waals surface area contributed by atoms with E-state index in [1.165, 1.54) is 32.3 Å². The Balaban J connectivity index is 1.83. The summed E-state index contributed by atoms with van der Waals surface area (Å²) in [6.45, 7) is 0. The first kappa shape index (κ1) is 21.4. The van der Waals surface area contributed by atoms with E-state index in [-0.39, 0.29) is 16.1 Å². The van der Waals surface area contributed by atoms with Crippen molar-refractivity contribution in [1.82, 2.24) is 9.13 Å². The van der Waals surface area contributed by atoms with Gasteiger partial charge < -0.3 is 14.5 Å². The number of rotatable bonds is 5. The maximum Gasteiger partial charge on any atom is 0.316 e. The number of anilines is 1. The maximum atomic E-state index is 13.6. The van der Waals surface area contributed by atoms with Crippen molar-refractivity contribution in [1.29, 1.82) is 0 Å². The van der Waals surface area contributed by atoms with Gasteiger partial charge in [0.05, 0.1) is 27.4 Å². The fraction of sp³-hybridized carbons (Fsp3) is 0.211. The molecule has 0 saturated heterocycles. The molecule has 0 atom stereocenters. The molecule has 2 aromatic carbocycles. The van der Waals surface area contributed by atoms with Crippen LogP contribution in [-0.4, -0.2) is 29.2 Å². The van der Waals surface area contributed by atoms with E-state index in [2.05, 4.69) is 5.32 Å². The standard InChI is InChI=1S/C19H17F2N3O5S/c1-23-15-6-4-12(10-16(15)24(2)19(27)18(23)26)30(28,29)8-7-17(25)22-14-5-3-11(20)9-13(14)21/h3-6,9-10H,7-8H2,1-2H3,(H,22,25). The highest BCUT2D eigenvalue weighted by molar-refractivity contribution is 7.91. The van der Waals surface area contributed by atoms with Gasteiger partial charge in [-0.2, -0.15) is 0 Å². The molecule has 8 nitrogen and oxygen atoms in total. The average Bonchev–Trinajstić information content (AvgIpc) is 2.71. The Bertz CT molecular complexity index is 1390. The third-order valence-corrected chi connectivity index (χ3v) is 6.34. The van der Waals surface area contributed by atoms with Gasteiger partial charge in [0.25, 0.3) is 0 Å². The van der Waals surface area contributed by atoms with Crippen molar-refractivity contribution in [2.45, 2.75) is 11.3 Å². The maximum absolute atomic E-state index is 13.6. The Morgan fingerprint density at radius 3 is 2.23 bits per heavy atom. The number of carbonyl (C=O) groups is 1. The van der Waals surface area contributed by atoms with E-state index in [9.17, 15) is 31.6 Å². The minimum atomic E-state index is -3.93. The number of carbonyl (C=O) groups excluding carboxylic acids is 1. The van der Waals surface area contributed by atoms with Crippen molar-refractivity contribution < 1.29 is 22.0 Å². The van der Waals surface area contributed by atoms with Crippen molar-refractivity contribution >= 4 is 32.5 Å². The summed E-state index contributed by atoms with van der Waals surface area (Å²) in [5, 5.41) is 2.19. The van der Waals surface area contributed by atoms with E-state index in [0.29, 0.717) is 11.6 Å². The monoisotopic (exact) mass is 437 g/mol. The van der Waals surface area contributed by atoms with E-state index < -0.39 is 50.7 Å². The molecule has 0 aliphatic rings. The van der Waals surface area contributed by atoms with Crippen molar-refractivity contribution in [3.05, 3.63) is 68.7 Å². The van der Waals surface area contributed by atoms with Gasteiger partial charge in [-0.25, -0.2) is 17.2 Å². The fourth-order valence-electron chi connectivity index (χ4n) is 2.90. The van der Waals surface area contributed by atoms with Crippen LogP contribution in [0, 0.1) is 11.6 Å². The molecule has 1 N–H and O–H groups in total. The Kier molecular flexibility index (Phi) is 5.57. The average molecular weight is 437 g/mol. The number of nitrogens with zero attached hydrogens (tertiary/aromatic N) is 2. The second-order valence-electron chi connectivity index (χ2n) is 6.62. The molecule has 3 aromatic rings. The zero-order valence-electron chi connectivity index (χ0n) is 16.0. The first-order chi connectivity index (χ1) is 14.0. The Labute approximate surface area is 169 Å². The van der Waals surface area contributed by atoms with E-state index >= 15 is 0 Å². The fourth-order valence-corrected chi connectivity index (χ4v) is 4.16. The van der Waals surface area contributed by atoms with Crippen molar-refractivity contribution in [2.24, 2.45) is 14.1 Å². The summed E-state index contributed by atoms with van der Waals surface area (Å²) in [5.74, 6) is -3.13. The van der Waals surface area contributed by atoms with Crippen molar-refractivity contribution in [2.75, 3.05) is 11.1 Å². The highest BCUT2D eigenvalue weighted by atomic mass is 32.2. The number of halogens is 2. The molecule has 0 radical (unpaired) electrons. The molecule has 11 heteroatoms. The highest BCUT2D eigenvalue weighted by Gasteiger charge is 2.19. The number of aryl methyl sites for hydroxylation is 2. The lowest BCUT2D eigenvalue weighted by atomic mass is 10.3. The molecular weight excluding hydrogens is 420 g/mol. The minimum absolute atomic E-state index is 0.135. The molecule has 1 aromatic heterocycles. The van der Waals surface area contributed by atoms with E-state index in [0.717, 1.165) is 21.3 Å². The smallest absolute Gasteiger partial charge is 0.316 e. The third-order valence-electron chi connectivity index (χ3n) is 4.62. The van der Waals surface area contributed by atoms with Gasteiger partial charge >= 0.3 is 11.1 Å². The van der Waals surface area contributed by atoms with E-state index in [4.69, 9.17) is 0 Å². The third kappa shape index (κ3) is 4.01. The van der Waals surface area contributed by atoms with Gasteiger partial charge in [-0.15, -0.1) is 0 Å². The number of hydrogen-bond acceptors (Lipinski definition) is 5. The zero-order chi connectivity index (χ0) is 22.2. The molecule has 0 aliphatic heterocycles. The van der Waals surface area contributed by atoms with Crippen LogP contribution in [0.4, 0.5) is 14.5 Å². The highest BCUT2D eigenvalue weighted by Crippen LogP contribution is 2.19. The largest absolute Gasteiger partial charge is 0.324 e. The van der Waals surface area contributed by atoms with Crippen LogP contribution in [0.25, 0.3) is 11.0 Å². The number of benzene rings is 2. The molecule has 0 unspecified atom stereocenters. The predicted octanol–water partition coefficient (Wildman–Crippen LogP) is 1.32. The first-order valence-electron chi connectivity index (χ1n) is 8.68. The van der Waals surface area contributed by atoms with Gasteiger partial charge in [0.1, 0.15) is 11.6 Å². The lowest BCUT2D eigenvalue weighted by molar-refractivity contribution is -0.115. The van der Waals surface area contributed by atoms with Gasteiger partial charge in [0, 0.05) is 26.6 Å². The second-order valence-corrected chi connectivity index (χ2v) is 8.73. The number of nitrogens with one attached hydrogen (secondary N) is 1. The lowest BCUT2D eigenvalue weighted by Crippen LogP contribution is -2.39. The summed E-state index contributed by atoms with van der Waals surface area (Å²) in [7, 11) is -1.17. The molecule has 0 aliphatic carbocycles. The molecule has 0 fully saturated rings. The number of amides is 1. The topological polar surface area (TPSA) is 107 Å². The second kappa shape index (κ2) is 7.82. The van der Waals surface area contributed by atoms with Crippen LogP contribution in [0.2, 0.25) is 0 Å². The van der Waals surface area contributed by atoms with E-state index in [1.807, 2.05) is 0 Å². The summed E-state index contributed by atoms with van der Waals surface area (Å²) < 4.78 is 54.0. The van der Waals surface area contributed by atoms with Crippen LogP contribution >= 0.6 is 0 Å². The zero-order valence-corrected chi connectivity index (χ0v) is 16.8. The van der Waals surface area contributed by atoms with Crippen LogP contribution < -0.4 is 16.4 Å². The molecule has 1 amide bonds. The predicted molar refractivity (Wildman–Crippen MR) is 106 cm³/mol. The van der Waals surface area contributed by atoms with Gasteiger partial charge in [-0.3, -0.25) is 14.4 Å².